The Balaban J connectivity index is 2.11. The fourth-order valence-electron chi connectivity index (χ4n) is 2.18. The first-order valence-corrected chi connectivity index (χ1v) is 6.26. The van der Waals surface area contributed by atoms with E-state index in [0.29, 0.717) is 25.1 Å². The molecule has 102 valence electrons. The number of rotatable bonds is 3. The minimum atomic E-state index is -0.696. The van der Waals surface area contributed by atoms with E-state index in [0.717, 1.165) is 12.8 Å². The van der Waals surface area contributed by atoms with E-state index in [1.54, 1.807) is 11.0 Å². The molecule has 0 N–H and O–H groups in total. The van der Waals surface area contributed by atoms with Crippen LogP contribution < -0.4 is 0 Å². The summed E-state index contributed by atoms with van der Waals surface area (Å²) in [6.07, 6.45) is 2.46. The maximum absolute atomic E-state index is 13.7. The van der Waals surface area contributed by atoms with E-state index < -0.39 is 11.8 Å². The minimum absolute atomic E-state index is 0.0868. The van der Waals surface area contributed by atoms with Gasteiger partial charge in [0.05, 0.1) is 12.7 Å². The minimum Gasteiger partial charge on any atom is -0.465 e. The fraction of sp³-hybridized carbons (Fsp3) is 0.429. The zero-order valence-corrected chi connectivity index (χ0v) is 10.8. The highest BCUT2D eigenvalue weighted by Gasteiger charge is 2.19. The topological polar surface area (TPSA) is 46.6 Å². The van der Waals surface area contributed by atoms with Crippen LogP contribution in [0.5, 0.6) is 0 Å². The second-order valence-corrected chi connectivity index (χ2v) is 4.58. The Morgan fingerprint density at radius 2 is 2.21 bits per heavy atom. The van der Waals surface area contributed by atoms with Crippen molar-refractivity contribution in [2.75, 3.05) is 13.7 Å². The average Bonchev–Trinajstić information content (AvgIpc) is 2.41. The number of halogens is 1. The van der Waals surface area contributed by atoms with Crippen molar-refractivity contribution in [3.63, 3.8) is 0 Å². The predicted molar refractivity (Wildman–Crippen MR) is 67.0 cm³/mol. The van der Waals surface area contributed by atoms with Crippen LogP contribution in [0, 0.1) is 5.82 Å². The smallest absolute Gasteiger partial charge is 0.340 e. The molecular formula is C14H16FNO3. The number of methoxy groups -OCH3 is 1. The van der Waals surface area contributed by atoms with Crippen molar-refractivity contribution in [3.8, 4) is 0 Å². The molecular weight excluding hydrogens is 249 g/mol. The van der Waals surface area contributed by atoms with Gasteiger partial charge in [0.2, 0.25) is 5.91 Å². The maximum atomic E-state index is 13.7. The summed E-state index contributed by atoms with van der Waals surface area (Å²) in [5, 5.41) is 0. The maximum Gasteiger partial charge on any atom is 0.340 e. The van der Waals surface area contributed by atoms with Crippen molar-refractivity contribution in [2.45, 2.75) is 25.8 Å². The molecule has 1 amide bonds. The van der Waals surface area contributed by atoms with Crippen LogP contribution in [0.3, 0.4) is 0 Å². The van der Waals surface area contributed by atoms with E-state index >= 15 is 0 Å². The Labute approximate surface area is 111 Å². The molecule has 0 bridgehead atoms. The predicted octanol–water partition coefficient (Wildman–Crippen LogP) is 2.12. The van der Waals surface area contributed by atoms with Crippen LogP contribution in [0.25, 0.3) is 0 Å². The molecule has 0 saturated carbocycles. The van der Waals surface area contributed by atoms with Crippen LogP contribution in [0.2, 0.25) is 0 Å². The molecule has 1 aromatic rings. The molecule has 1 heterocycles. The third-order valence-corrected chi connectivity index (χ3v) is 3.23. The number of likely N-dealkylation sites (tertiary alicyclic amines) is 1. The van der Waals surface area contributed by atoms with E-state index in [1.165, 1.54) is 19.2 Å². The van der Waals surface area contributed by atoms with Crippen LogP contribution in [-0.2, 0) is 16.1 Å². The molecule has 4 nitrogen and oxygen atoms in total. The molecule has 1 fully saturated rings. The number of nitrogens with zero attached hydrogens (tertiary/aromatic N) is 1. The van der Waals surface area contributed by atoms with Crippen molar-refractivity contribution in [1.29, 1.82) is 0 Å². The molecule has 1 aromatic carbocycles. The summed E-state index contributed by atoms with van der Waals surface area (Å²) in [5.41, 5.74) is 0.594. The van der Waals surface area contributed by atoms with E-state index in [-0.39, 0.29) is 11.5 Å². The van der Waals surface area contributed by atoms with E-state index in [2.05, 4.69) is 4.74 Å². The number of hydrogen-bond acceptors (Lipinski definition) is 3. The standard InChI is InChI=1S/C14H16FNO3/c1-19-14(18)11-6-5-10(8-12(11)15)9-16-7-3-2-4-13(16)17/h5-6,8H,2-4,7,9H2,1H3. The highest BCUT2D eigenvalue weighted by atomic mass is 19.1. The summed E-state index contributed by atoms with van der Waals surface area (Å²) in [4.78, 5) is 24.6. The molecule has 1 saturated heterocycles. The van der Waals surface area contributed by atoms with Crippen LogP contribution in [0.4, 0.5) is 4.39 Å². The second kappa shape index (κ2) is 5.82. The number of hydrogen-bond donors (Lipinski definition) is 0. The Bertz CT molecular complexity index is 501. The zero-order chi connectivity index (χ0) is 13.8. The Hall–Kier alpha value is -1.91. The second-order valence-electron chi connectivity index (χ2n) is 4.58. The lowest BCUT2D eigenvalue weighted by atomic mass is 10.1. The highest BCUT2D eigenvalue weighted by molar-refractivity contribution is 5.89. The lowest BCUT2D eigenvalue weighted by Crippen LogP contribution is -2.34. The summed E-state index contributed by atoms with van der Waals surface area (Å²) in [7, 11) is 1.21. The largest absolute Gasteiger partial charge is 0.465 e. The van der Waals surface area contributed by atoms with Gasteiger partial charge in [-0.1, -0.05) is 6.07 Å². The van der Waals surface area contributed by atoms with E-state index in [1.807, 2.05) is 0 Å². The molecule has 0 aliphatic carbocycles. The van der Waals surface area contributed by atoms with Gasteiger partial charge in [-0.3, -0.25) is 4.79 Å². The number of benzene rings is 1. The van der Waals surface area contributed by atoms with Gasteiger partial charge in [-0.05, 0) is 30.5 Å². The monoisotopic (exact) mass is 265 g/mol. The van der Waals surface area contributed by atoms with E-state index in [9.17, 15) is 14.0 Å². The molecule has 0 atom stereocenters. The molecule has 0 unspecified atom stereocenters. The van der Waals surface area contributed by atoms with Gasteiger partial charge < -0.3 is 9.64 Å². The number of carbonyl (C=O) groups excluding carboxylic acids is 2. The number of ether oxygens (including phenoxy) is 1. The summed E-state index contributed by atoms with van der Waals surface area (Å²) in [6, 6.07) is 4.33. The Morgan fingerprint density at radius 3 is 2.84 bits per heavy atom. The lowest BCUT2D eigenvalue weighted by molar-refractivity contribution is -0.133. The summed E-state index contributed by atoms with van der Waals surface area (Å²) in [5.74, 6) is -1.21. The molecule has 19 heavy (non-hydrogen) atoms. The quantitative estimate of drug-likeness (QED) is 0.786. The number of carbonyl (C=O) groups is 2. The van der Waals surface area contributed by atoms with E-state index in [4.69, 9.17) is 0 Å². The Morgan fingerprint density at radius 1 is 1.42 bits per heavy atom. The van der Waals surface area contributed by atoms with Crippen molar-refractivity contribution < 1.29 is 18.7 Å². The van der Waals surface area contributed by atoms with Gasteiger partial charge in [0, 0.05) is 19.5 Å². The molecule has 1 aliphatic heterocycles. The number of amides is 1. The number of piperidine rings is 1. The van der Waals surface area contributed by atoms with Gasteiger partial charge in [0.1, 0.15) is 5.82 Å². The first-order valence-electron chi connectivity index (χ1n) is 6.26. The van der Waals surface area contributed by atoms with Gasteiger partial charge in [0.25, 0.3) is 0 Å². The average molecular weight is 265 g/mol. The van der Waals surface area contributed by atoms with Crippen molar-refractivity contribution >= 4 is 11.9 Å². The first-order chi connectivity index (χ1) is 9.11. The normalized spacial score (nSPS) is 15.5. The van der Waals surface area contributed by atoms with Crippen molar-refractivity contribution in [3.05, 3.63) is 35.1 Å². The van der Waals surface area contributed by atoms with Gasteiger partial charge in [-0.25, -0.2) is 9.18 Å². The zero-order valence-electron chi connectivity index (χ0n) is 10.8. The van der Waals surface area contributed by atoms with Crippen molar-refractivity contribution in [2.24, 2.45) is 0 Å². The van der Waals surface area contributed by atoms with Gasteiger partial charge in [-0.15, -0.1) is 0 Å². The van der Waals surface area contributed by atoms with Crippen LogP contribution in [0.1, 0.15) is 35.2 Å². The van der Waals surface area contributed by atoms with Gasteiger partial charge in [-0.2, -0.15) is 0 Å². The lowest BCUT2D eigenvalue weighted by Gasteiger charge is -2.26. The van der Waals surface area contributed by atoms with Crippen molar-refractivity contribution in [1.82, 2.24) is 4.90 Å². The van der Waals surface area contributed by atoms with Crippen LogP contribution in [-0.4, -0.2) is 30.4 Å². The Kier molecular flexibility index (Phi) is 4.14. The highest BCUT2D eigenvalue weighted by Crippen LogP contribution is 2.17. The molecule has 0 spiro atoms. The molecule has 0 radical (unpaired) electrons. The molecule has 5 heteroatoms. The molecule has 0 aromatic heterocycles. The van der Waals surface area contributed by atoms with Gasteiger partial charge >= 0.3 is 5.97 Å². The fourth-order valence-corrected chi connectivity index (χ4v) is 2.18. The SMILES string of the molecule is COC(=O)c1ccc(CN2CCCCC2=O)cc1F. The summed E-state index contributed by atoms with van der Waals surface area (Å²) in [6.45, 7) is 1.09. The third-order valence-electron chi connectivity index (χ3n) is 3.23. The first kappa shape index (κ1) is 13.5. The molecule has 1 aliphatic rings. The molecule has 2 rings (SSSR count). The van der Waals surface area contributed by atoms with Crippen LogP contribution in [0.15, 0.2) is 18.2 Å². The van der Waals surface area contributed by atoms with Crippen LogP contribution >= 0.6 is 0 Å². The van der Waals surface area contributed by atoms with Gasteiger partial charge in [0.15, 0.2) is 0 Å². The summed E-state index contributed by atoms with van der Waals surface area (Å²) >= 11 is 0. The number of esters is 1. The summed E-state index contributed by atoms with van der Waals surface area (Å²) < 4.78 is 18.2. The third kappa shape index (κ3) is 3.10.